The Bertz CT molecular complexity index is 1070. The van der Waals surface area contributed by atoms with Gasteiger partial charge in [0.05, 0.1) is 17.4 Å². The summed E-state index contributed by atoms with van der Waals surface area (Å²) in [6.45, 7) is 3.15. The fraction of sp³-hybridized carbons (Fsp3) is 0.318. The molecule has 7 heteroatoms. The van der Waals surface area contributed by atoms with Gasteiger partial charge in [0, 0.05) is 18.9 Å². The van der Waals surface area contributed by atoms with E-state index in [0.717, 1.165) is 25.0 Å². The van der Waals surface area contributed by atoms with Crippen molar-refractivity contribution in [2.24, 2.45) is 0 Å². The van der Waals surface area contributed by atoms with Gasteiger partial charge in [0.1, 0.15) is 24.6 Å². The van der Waals surface area contributed by atoms with E-state index in [1.54, 1.807) is 30.5 Å². The summed E-state index contributed by atoms with van der Waals surface area (Å²) in [7, 11) is 0. The van der Waals surface area contributed by atoms with E-state index in [9.17, 15) is 9.59 Å². The lowest BCUT2D eigenvalue weighted by Gasteiger charge is -2.11. The largest absolute Gasteiger partial charge is 0.491 e. The molecule has 1 aromatic carbocycles. The second-order valence-corrected chi connectivity index (χ2v) is 7.06. The number of aryl methyl sites for hydroxylation is 1. The van der Waals surface area contributed by atoms with Crippen molar-refractivity contribution in [1.29, 1.82) is 0 Å². The van der Waals surface area contributed by atoms with Crippen molar-refractivity contribution < 1.29 is 19.0 Å². The van der Waals surface area contributed by atoms with Gasteiger partial charge in [-0.2, -0.15) is 0 Å². The summed E-state index contributed by atoms with van der Waals surface area (Å²) < 4.78 is 18.0. The van der Waals surface area contributed by atoms with Crippen molar-refractivity contribution in [2.45, 2.75) is 32.5 Å². The quantitative estimate of drug-likeness (QED) is 0.598. The highest BCUT2D eigenvalue weighted by atomic mass is 16.5. The van der Waals surface area contributed by atoms with Crippen LogP contribution >= 0.6 is 0 Å². The summed E-state index contributed by atoms with van der Waals surface area (Å²) in [6.07, 6.45) is 3.90. The molecule has 1 unspecified atom stereocenters. The maximum atomic E-state index is 12.3. The lowest BCUT2D eigenvalue weighted by molar-refractivity contribution is 0.0467. The first kappa shape index (κ1) is 19.1. The van der Waals surface area contributed by atoms with Crippen molar-refractivity contribution in [3.63, 3.8) is 0 Å². The van der Waals surface area contributed by atoms with Crippen LogP contribution in [0.15, 0.2) is 53.5 Å². The number of carbonyl (C=O) groups is 1. The number of nitrogens with zero attached hydrogens (tertiary/aromatic N) is 2. The Hall–Kier alpha value is -3.19. The van der Waals surface area contributed by atoms with Gasteiger partial charge in [0.2, 0.25) is 0 Å². The van der Waals surface area contributed by atoms with Gasteiger partial charge in [0.25, 0.3) is 5.56 Å². The Morgan fingerprint density at radius 2 is 2.07 bits per heavy atom. The molecule has 29 heavy (non-hydrogen) atoms. The van der Waals surface area contributed by atoms with Crippen LogP contribution in [0.2, 0.25) is 0 Å². The summed E-state index contributed by atoms with van der Waals surface area (Å²) in [5.74, 6) is 0.193. The monoisotopic (exact) mass is 394 g/mol. The summed E-state index contributed by atoms with van der Waals surface area (Å²) in [4.78, 5) is 28.9. The van der Waals surface area contributed by atoms with E-state index in [-0.39, 0.29) is 18.3 Å². The fourth-order valence-corrected chi connectivity index (χ4v) is 3.20. The van der Waals surface area contributed by atoms with Crippen LogP contribution in [0, 0.1) is 6.92 Å². The highest BCUT2D eigenvalue weighted by molar-refractivity contribution is 5.89. The van der Waals surface area contributed by atoms with E-state index < -0.39 is 5.97 Å². The van der Waals surface area contributed by atoms with Crippen LogP contribution < -0.4 is 10.3 Å². The standard InChI is InChI=1S/C22H22N2O5/c1-15-8-9-24-20(11-15)23-17(12-21(24)25)13-29-22(26)16-4-6-18(7-5-16)28-14-19-3-2-10-27-19/h4-9,11-12,19H,2-3,10,13-14H2,1H3. The maximum Gasteiger partial charge on any atom is 0.338 e. The first-order valence-corrected chi connectivity index (χ1v) is 9.59. The smallest absolute Gasteiger partial charge is 0.338 e. The Kier molecular flexibility index (Phi) is 5.57. The molecule has 0 bridgehead atoms. The molecule has 0 amide bonds. The van der Waals surface area contributed by atoms with Crippen LogP contribution in [0.4, 0.5) is 0 Å². The van der Waals surface area contributed by atoms with Crippen LogP contribution in [0.5, 0.6) is 5.75 Å². The second kappa shape index (κ2) is 8.45. The molecule has 0 aliphatic carbocycles. The molecule has 1 saturated heterocycles. The van der Waals surface area contributed by atoms with E-state index in [4.69, 9.17) is 14.2 Å². The van der Waals surface area contributed by atoms with E-state index in [1.807, 2.05) is 19.1 Å². The average Bonchev–Trinajstić information content (AvgIpc) is 3.24. The molecule has 1 atom stereocenters. The molecule has 7 nitrogen and oxygen atoms in total. The normalized spacial score (nSPS) is 16.1. The minimum absolute atomic E-state index is 0.0736. The van der Waals surface area contributed by atoms with Crippen molar-refractivity contribution in [2.75, 3.05) is 13.2 Å². The molecular formula is C22H22N2O5. The van der Waals surface area contributed by atoms with Gasteiger partial charge in [-0.1, -0.05) is 0 Å². The minimum atomic E-state index is -0.484. The number of hydrogen-bond acceptors (Lipinski definition) is 6. The zero-order valence-electron chi connectivity index (χ0n) is 16.2. The summed E-state index contributed by atoms with van der Waals surface area (Å²) in [5.41, 5.74) is 2.12. The number of carbonyl (C=O) groups excluding carboxylic acids is 1. The molecular weight excluding hydrogens is 372 g/mol. The molecule has 1 aliphatic heterocycles. The molecule has 3 heterocycles. The van der Waals surface area contributed by atoms with E-state index in [0.29, 0.717) is 29.3 Å². The maximum absolute atomic E-state index is 12.3. The zero-order valence-corrected chi connectivity index (χ0v) is 16.2. The van der Waals surface area contributed by atoms with Gasteiger partial charge in [-0.3, -0.25) is 9.20 Å². The van der Waals surface area contributed by atoms with Crippen molar-refractivity contribution >= 4 is 11.6 Å². The predicted molar refractivity (Wildman–Crippen MR) is 106 cm³/mol. The first-order chi connectivity index (χ1) is 14.1. The van der Waals surface area contributed by atoms with E-state index >= 15 is 0 Å². The number of pyridine rings is 1. The van der Waals surface area contributed by atoms with Crippen LogP contribution in [0.1, 0.15) is 34.5 Å². The fourth-order valence-electron chi connectivity index (χ4n) is 3.20. The third-order valence-electron chi connectivity index (χ3n) is 4.78. The van der Waals surface area contributed by atoms with Gasteiger partial charge in [0.15, 0.2) is 0 Å². The van der Waals surface area contributed by atoms with Crippen LogP contribution in [-0.4, -0.2) is 34.7 Å². The molecule has 0 saturated carbocycles. The third-order valence-corrected chi connectivity index (χ3v) is 4.78. The molecule has 1 aliphatic rings. The molecule has 0 radical (unpaired) electrons. The topological polar surface area (TPSA) is 79.1 Å². The molecule has 0 spiro atoms. The predicted octanol–water partition coefficient (Wildman–Crippen LogP) is 2.92. The number of esters is 1. The van der Waals surface area contributed by atoms with Gasteiger partial charge >= 0.3 is 5.97 Å². The number of benzene rings is 1. The number of ether oxygens (including phenoxy) is 3. The van der Waals surface area contributed by atoms with E-state index in [1.165, 1.54) is 10.5 Å². The van der Waals surface area contributed by atoms with Gasteiger partial charge < -0.3 is 14.2 Å². The van der Waals surface area contributed by atoms with Gasteiger partial charge in [-0.05, 0) is 61.7 Å². The summed E-state index contributed by atoms with van der Waals surface area (Å²) >= 11 is 0. The van der Waals surface area contributed by atoms with Gasteiger partial charge in [-0.25, -0.2) is 9.78 Å². The Morgan fingerprint density at radius 1 is 1.24 bits per heavy atom. The highest BCUT2D eigenvalue weighted by Gasteiger charge is 2.16. The average molecular weight is 394 g/mol. The first-order valence-electron chi connectivity index (χ1n) is 9.59. The third kappa shape index (κ3) is 4.63. The van der Waals surface area contributed by atoms with Crippen LogP contribution in [0.25, 0.3) is 5.65 Å². The molecule has 4 rings (SSSR count). The van der Waals surface area contributed by atoms with Crippen LogP contribution in [-0.2, 0) is 16.1 Å². The number of aromatic nitrogens is 2. The zero-order chi connectivity index (χ0) is 20.2. The van der Waals surface area contributed by atoms with Gasteiger partial charge in [-0.15, -0.1) is 0 Å². The summed E-state index contributed by atoms with van der Waals surface area (Å²) in [6, 6.07) is 11.8. The second-order valence-electron chi connectivity index (χ2n) is 7.06. The molecule has 3 aromatic rings. The summed E-state index contributed by atoms with van der Waals surface area (Å²) in [5, 5.41) is 0. The lowest BCUT2D eigenvalue weighted by atomic mass is 10.2. The Balaban J connectivity index is 1.36. The van der Waals surface area contributed by atoms with Crippen molar-refractivity contribution in [3.8, 4) is 5.75 Å². The highest BCUT2D eigenvalue weighted by Crippen LogP contribution is 2.17. The number of fused-ring (bicyclic) bond motifs is 1. The number of rotatable bonds is 6. The van der Waals surface area contributed by atoms with E-state index in [2.05, 4.69) is 4.98 Å². The molecule has 1 fully saturated rings. The van der Waals surface area contributed by atoms with Crippen LogP contribution in [0.3, 0.4) is 0 Å². The van der Waals surface area contributed by atoms with Crippen molar-refractivity contribution in [3.05, 3.63) is 75.8 Å². The van der Waals surface area contributed by atoms with Crippen molar-refractivity contribution in [1.82, 2.24) is 9.38 Å². The molecule has 150 valence electrons. The number of hydrogen-bond donors (Lipinski definition) is 0. The lowest BCUT2D eigenvalue weighted by Crippen LogP contribution is -2.17. The molecule has 2 aromatic heterocycles. The minimum Gasteiger partial charge on any atom is -0.491 e. The SMILES string of the molecule is Cc1ccn2c(=O)cc(COC(=O)c3ccc(OCC4CCCO4)cc3)nc2c1. The molecule has 0 N–H and O–H groups in total. The Morgan fingerprint density at radius 3 is 2.83 bits per heavy atom. The Labute approximate surface area is 167 Å².